The Kier molecular flexibility index (Phi) is 4.60. The Balaban J connectivity index is 2.05. The molecular weight excluding hydrogens is 252 g/mol. The van der Waals surface area contributed by atoms with Gasteiger partial charge in [0.15, 0.2) is 5.82 Å². The van der Waals surface area contributed by atoms with Crippen LogP contribution < -0.4 is 10.6 Å². The molecule has 0 aliphatic carbocycles. The van der Waals surface area contributed by atoms with Crippen LogP contribution in [0.1, 0.15) is 26.7 Å². The average molecular weight is 271 g/mol. The molecule has 2 heterocycles. The molecule has 1 aromatic heterocycles. The van der Waals surface area contributed by atoms with Crippen LogP contribution in [-0.2, 0) is 4.74 Å². The molecule has 0 bridgehead atoms. The predicted molar refractivity (Wildman–Crippen MR) is 73.3 cm³/mol. The van der Waals surface area contributed by atoms with Crippen molar-refractivity contribution in [3.05, 3.63) is 11.2 Å². The Morgan fingerprint density at radius 2 is 2.39 bits per heavy atom. The molecule has 1 aromatic rings. The van der Waals surface area contributed by atoms with Crippen LogP contribution in [0.25, 0.3) is 0 Å². The van der Waals surface area contributed by atoms with E-state index in [4.69, 9.17) is 16.3 Å². The van der Waals surface area contributed by atoms with Crippen molar-refractivity contribution in [2.24, 2.45) is 0 Å². The maximum absolute atomic E-state index is 6.11. The molecule has 2 unspecified atom stereocenters. The Morgan fingerprint density at radius 1 is 1.56 bits per heavy atom. The zero-order valence-corrected chi connectivity index (χ0v) is 11.5. The van der Waals surface area contributed by atoms with E-state index < -0.39 is 0 Å². The largest absolute Gasteiger partial charge is 0.378 e. The van der Waals surface area contributed by atoms with E-state index in [0.717, 1.165) is 26.0 Å². The summed E-state index contributed by atoms with van der Waals surface area (Å²) in [5.41, 5.74) is 0. The maximum atomic E-state index is 6.11. The number of halogens is 1. The minimum Gasteiger partial charge on any atom is -0.378 e. The molecule has 6 heteroatoms. The lowest BCUT2D eigenvalue weighted by Crippen LogP contribution is -2.32. The van der Waals surface area contributed by atoms with E-state index in [1.165, 1.54) is 0 Å². The van der Waals surface area contributed by atoms with Crippen molar-refractivity contribution in [3.63, 3.8) is 0 Å². The Bertz CT molecular complexity index is 402. The Morgan fingerprint density at radius 3 is 3.11 bits per heavy atom. The van der Waals surface area contributed by atoms with Crippen molar-refractivity contribution >= 4 is 23.4 Å². The topological polar surface area (TPSA) is 59.1 Å². The number of nitrogens with one attached hydrogen (secondary N) is 2. The highest BCUT2D eigenvalue weighted by molar-refractivity contribution is 6.32. The van der Waals surface area contributed by atoms with Gasteiger partial charge in [-0.25, -0.2) is 4.98 Å². The number of anilines is 2. The molecule has 2 N–H and O–H groups in total. The molecule has 2 rings (SSSR count). The van der Waals surface area contributed by atoms with E-state index in [-0.39, 0.29) is 6.10 Å². The van der Waals surface area contributed by atoms with E-state index in [1.54, 1.807) is 6.20 Å². The van der Waals surface area contributed by atoms with Crippen LogP contribution in [0.3, 0.4) is 0 Å². The third-order valence-electron chi connectivity index (χ3n) is 2.90. The van der Waals surface area contributed by atoms with E-state index >= 15 is 0 Å². The van der Waals surface area contributed by atoms with Gasteiger partial charge >= 0.3 is 0 Å². The van der Waals surface area contributed by atoms with Gasteiger partial charge in [0.05, 0.1) is 12.3 Å². The zero-order valence-electron chi connectivity index (χ0n) is 10.7. The molecule has 0 amide bonds. The van der Waals surface area contributed by atoms with Gasteiger partial charge in [-0.1, -0.05) is 11.6 Å². The normalized spacial score (nSPS) is 23.7. The van der Waals surface area contributed by atoms with Crippen molar-refractivity contribution < 1.29 is 4.74 Å². The molecule has 1 fully saturated rings. The molecular formula is C12H19ClN4O. The Hall–Kier alpha value is -1.07. The molecule has 0 saturated carbocycles. The fourth-order valence-corrected chi connectivity index (χ4v) is 2.18. The van der Waals surface area contributed by atoms with Gasteiger partial charge in [0, 0.05) is 19.2 Å². The Labute approximate surface area is 112 Å². The summed E-state index contributed by atoms with van der Waals surface area (Å²) < 4.78 is 5.52. The third-order valence-corrected chi connectivity index (χ3v) is 3.18. The van der Waals surface area contributed by atoms with Crippen molar-refractivity contribution in [3.8, 4) is 0 Å². The predicted octanol–water partition coefficient (Wildman–Crippen LogP) is 2.54. The summed E-state index contributed by atoms with van der Waals surface area (Å²) in [5, 5.41) is 7.00. The number of hydrogen-bond acceptors (Lipinski definition) is 5. The highest BCUT2D eigenvalue weighted by Gasteiger charge is 2.20. The second-order valence-electron chi connectivity index (χ2n) is 4.47. The van der Waals surface area contributed by atoms with E-state index in [0.29, 0.717) is 22.8 Å². The maximum Gasteiger partial charge on any atom is 0.224 e. The van der Waals surface area contributed by atoms with Gasteiger partial charge < -0.3 is 15.4 Å². The fraction of sp³-hybridized carbons (Fsp3) is 0.667. The van der Waals surface area contributed by atoms with Crippen molar-refractivity contribution in [2.75, 3.05) is 23.8 Å². The minimum absolute atomic E-state index is 0.282. The molecule has 1 aliphatic heterocycles. The highest BCUT2D eigenvalue weighted by atomic mass is 35.5. The quantitative estimate of drug-likeness (QED) is 0.881. The van der Waals surface area contributed by atoms with Gasteiger partial charge in [-0.2, -0.15) is 4.98 Å². The van der Waals surface area contributed by atoms with Crippen molar-refractivity contribution in [1.29, 1.82) is 0 Å². The summed E-state index contributed by atoms with van der Waals surface area (Å²) in [6.45, 7) is 5.65. The number of rotatable bonds is 4. The summed E-state index contributed by atoms with van der Waals surface area (Å²) in [6, 6.07) is 0.357. The first-order valence-electron chi connectivity index (χ1n) is 6.33. The molecule has 2 atom stereocenters. The first kappa shape index (κ1) is 13.4. The van der Waals surface area contributed by atoms with E-state index in [9.17, 15) is 0 Å². The standard InChI is InChI=1S/C12H19ClN4O/c1-3-14-12-15-7-10(13)11(17-12)16-9-4-5-18-8(2)6-9/h7-9H,3-6H2,1-2H3,(H2,14,15,16,17). The molecule has 1 aliphatic rings. The molecule has 18 heavy (non-hydrogen) atoms. The lowest BCUT2D eigenvalue weighted by Gasteiger charge is -2.28. The molecule has 1 saturated heterocycles. The van der Waals surface area contributed by atoms with Crippen LogP contribution in [-0.4, -0.2) is 35.3 Å². The zero-order chi connectivity index (χ0) is 13.0. The van der Waals surface area contributed by atoms with Crippen LogP contribution in [0, 0.1) is 0 Å². The monoisotopic (exact) mass is 270 g/mol. The number of nitrogens with zero attached hydrogens (tertiary/aromatic N) is 2. The lowest BCUT2D eigenvalue weighted by molar-refractivity contribution is 0.0232. The average Bonchev–Trinajstić information content (AvgIpc) is 2.34. The molecule has 100 valence electrons. The number of aromatic nitrogens is 2. The second kappa shape index (κ2) is 6.20. The SMILES string of the molecule is CCNc1ncc(Cl)c(NC2CCOC(C)C2)n1. The van der Waals surface area contributed by atoms with Gasteiger partial charge in [-0.05, 0) is 26.7 Å². The van der Waals surface area contributed by atoms with Crippen LogP contribution in [0.5, 0.6) is 0 Å². The molecule has 0 aromatic carbocycles. The highest BCUT2D eigenvalue weighted by Crippen LogP contribution is 2.23. The summed E-state index contributed by atoms with van der Waals surface area (Å²) in [6.07, 6.45) is 3.85. The van der Waals surface area contributed by atoms with E-state index in [1.807, 2.05) is 6.92 Å². The first-order chi connectivity index (χ1) is 8.69. The van der Waals surface area contributed by atoms with Crippen LogP contribution in [0.4, 0.5) is 11.8 Å². The summed E-state index contributed by atoms with van der Waals surface area (Å²) in [5.74, 6) is 1.30. The van der Waals surface area contributed by atoms with Gasteiger partial charge in [-0.15, -0.1) is 0 Å². The van der Waals surface area contributed by atoms with Gasteiger partial charge in [0.25, 0.3) is 0 Å². The number of hydrogen-bond donors (Lipinski definition) is 2. The molecule has 0 radical (unpaired) electrons. The second-order valence-corrected chi connectivity index (χ2v) is 4.87. The number of ether oxygens (including phenoxy) is 1. The van der Waals surface area contributed by atoms with Crippen molar-refractivity contribution in [2.45, 2.75) is 38.8 Å². The van der Waals surface area contributed by atoms with Crippen LogP contribution in [0.15, 0.2) is 6.20 Å². The summed E-state index contributed by atoms with van der Waals surface area (Å²) in [7, 11) is 0. The fourth-order valence-electron chi connectivity index (χ4n) is 2.03. The first-order valence-corrected chi connectivity index (χ1v) is 6.71. The van der Waals surface area contributed by atoms with Crippen LogP contribution >= 0.6 is 11.6 Å². The van der Waals surface area contributed by atoms with Crippen LogP contribution in [0.2, 0.25) is 5.02 Å². The van der Waals surface area contributed by atoms with E-state index in [2.05, 4.69) is 27.5 Å². The molecule has 5 nitrogen and oxygen atoms in total. The molecule has 0 spiro atoms. The van der Waals surface area contributed by atoms with Gasteiger partial charge in [0.1, 0.15) is 5.02 Å². The summed E-state index contributed by atoms with van der Waals surface area (Å²) >= 11 is 6.11. The van der Waals surface area contributed by atoms with Gasteiger partial charge in [0.2, 0.25) is 5.95 Å². The van der Waals surface area contributed by atoms with Crippen molar-refractivity contribution in [1.82, 2.24) is 9.97 Å². The lowest BCUT2D eigenvalue weighted by atomic mass is 10.0. The smallest absolute Gasteiger partial charge is 0.224 e. The summed E-state index contributed by atoms with van der Waals surface area (Å²) in [4.78, 5) is 8.49. The van der Waals surface area contributed by atoms with Gasteiger partial charge in [-0.3, -0.25) is 0 Å². The minimum atomic E-state index is 0.282. The third kappa shape index (κ3) is 3.46.